The normalized spacial score (nSPS) is 11.5. The highest BCUT2D eigenvalue weighted by molar-refractivity contribution is 7.89. The maximum Gasteiger partial charge on any atom is 0.254 e. The molecule has 0 unspecified atom stereocenters. The lowest BCUT2D eigenvalue weighted by Crippen LogP contribution is -2.40. The van der Waals surface area contributed by atoms with Crippen molar-refractivity contribution in [1.29, 1.82) is 5.26 Å². The Morgan fingerprint density at radius 2 is 1.87 bits per heavy atom. The summed E-state index contributed by atoms with van der Waals surface area (Å²) in [5.74, 6) is -0.199. The molecule has 0 atom stereocenters. The summed E-state index contributed by atoms with van der Waals surface area (Å²) in [6.45, 7) is 9.46. The molecule has 0 fully saturated rings. The quantitative estimate of drug-likeness (QED) is 0.633. The van der Waals surface area contributed by atoms with Crippen molar-refractivity contribution in [2.75, 3.05) is 13.7 Å². The van der Waals surface area contributed by atoms with Crippen molar-refractivity contribution < 1.29 is 17.9 Å². The maximum absolute atomic E-state index is 13.2. The van der Waals surface area contributed by atoms with E-state index >= 15 is 0 Å². The average molecular weight is 442 g/mol. The van der Waals surface area contributed by atoms with Crippen LogP contribution in [0.25, 0.3) is 0 Å². The van der Waals surface area contributed by atoms with Gasteiger partial charge in [-0.2, -0.15) is 5.26 Å². The second-order valence-electron chi connectivity index (χ2n) is 8.00. The number of nitrogens with one attached hydrogen (secondary N) is 1. The number of nitriles is 1. The van der Waals surface area contributed by atoms with Crippen molar-refractivity contribution in [2.24, 2.45) is 0 Å². The van der Waals surface area contributed by atoms with Crippen LogP contribution in [0, 0.1) is 11.3 Å². The molecule has 0 aromatic heterocycles. The van der Waals surface area contributed by atoms with E-state index in [2.05, 4.69) is 17.4 Å². The number of carbonyl (C=O) groups excluding carboxylic acids is 1. The molecule has 0 spiro atoms. The van der Waals surface area contributed by atoms with Crippen LogP contribution in [0.1, 0.15) is 42.3 Å². The summed E-state index contributed by atoms with van der Waals surface area (Å²) in [5.41, 5.74) is 0.881. The van der Waals surface area contributed by atoms with Gasteiger partial charge in [0.05, 0.1) is 18.7 Å². The molecule has 0 heterocycles. The van der Waals surface area contributed by atoms with E-state index in [1.54, 1.807) is 56.0 Å². The fourth-order valence-electron chi connectivity index (χ4n) is 2.94. The molecule has 164 valence electrons. The van der Waals surface area contributed by atoms with Crippen LogP contribution in [-0.4, -0.2) is 38.4 Å². The molecule has 0 aliphatic carbocycles. The van der Waals surface area contributed by atoms with Gasteiger partial charge in [-0.15, -0.1) is 6.58 Å². The van der Waals surface area contributed by atoms with E-state index in [0.717, 1.165) is 5.56 Å². The first-order valence-electron chi connectivity index (χ1n) is 9.62. The van der Waals surface area contributed by atoms with Crippen LogP contribution in [0.4, 0.5) is 0 Å². The minimum Gasteiger partial charge on any atom is -0.495 e. The van der Waals surface area contributed by atoms with Gasteiger partial charge in [-0.25, -0.2) is 13.1 Å². The number of sulfonamides is 1. The van der Waals surface area contributed by atoms with E-state index in [1.165, 1.54) is 25.3 Å². The highest BCUT2D eigenvalue weighted by Gasteiger charge is 2.27. The molecule has 8 heteroatoms. The maximum atomic E-state index is 13.2. The number of methoxy groups -OCH3 is 1. The molecule has 1 amide bonds. The predicted molar refractivity (Wildman–Crippen MR) is 119 cm³/mol. The molecule has 0 aliphatic heterocycles. The third-order valence-corrected chi connectivity index (χ3v) is 6.01. The fourth-order valence-corrected chi connectivity index (χ4v) is 4.56. The molecular formula is C23H27N3O4S. The third-order valence-electron chi connectivity index (χ3n) is 4.23. The van der Waals surface area contributed by atoms with E-state index in [0.29, 0.717) is 5.56 Å². The van der Waals surface area contributed by atoms with Crippen LogP contribution in [0.15, 0.2) is 60.0 Å². The molecule has 0 bridgehead atoms. The van der Waals surface area contributed by atoms with Crippen LogP contribution in [0.5, 0.6) is 5.75 Å². The first kappa shape index (κ1) is 24.1. The van der Waals surface area contributed by atoms with Gasteiger partial charge in [0.1, 0.15) is 10.6 Å². The topological polar surface area (TPSA) is 99.5 Å². The highest BCUT2D eigenvalue weighted by atomic mass is 32.2. The Bertz CT molecular complexity index is 1100. The van der Waals surface area contributed by atoms with Gasteiger partial charge in [-0.05, 0) is 56.7 Å². The van der Waals surface area contributed by atoms with Crippen LogP contribution in [0.3, 0.4) is 0 Å². The van der Waals surface area contributed by atoms with Gasteiger partial charge in [0.15, 0.2) is 0 Å². The monoisotopic (exact) mass is 441 g/mol. The molecule has 2 aromatic carbocycles. The molecule has 31 heavy (non-hydrogen) atoms. The standard InChI is InChI=1S/C23H27N3O4S/c1-6-13-26(16-18-9-7-17(15-24)8-10-18)22(27)19-11-12-20(30-5)21(14-19)31(28,29)25-23(2,3)4/h6-12,14,25H,1,13,16H2,2-5H3. The van der Waals surface area contributed by atoms with Crippen molar-refractivity contribution in [3.05, 3.63) is 71.8 Å². The largest absolute Gasteiger partial charge is 0.495 e. The second-order valence-corrected chi connectivity index (χ2v) is 9.66. The Labute approximate surface area is 184 Å². The SMILES string of the molecule is C=CCN(Cc1ccc(C#N)cc1)C(=O)c1ccc(OC)c(S(=O)(=O)NC(C)(C)C)c1. The summed E-state index contributed by atoms with van der Waals surface area (Å²) in [7, 11) is -2.54. The number of hydrogen-bond donors (Lipinski definition) is 1. The van der Waals surface area contributed by atoms with Gasteiger partial charge in [0.25, 0.3) is 5.91 Å². The first-order valence-corrected chi connectivity index (χ1v) is 11.1. The fraction of sp³-hybridized carbons (Fsp3) is 0.304. The molecule has 2 rings (SSSR count). The summed E-state index contributed by atoms with van der Waals surface area (Å²) in [6, 6.07) is 13.3. The number of amides is 1. The summed E-state index contributed by atoms with van der Waals surface area (Å²) in [6.07, 6.45) is 1.60. The first-order chi connectivity index (χ1) is 14.5. The molecule has 0 saturated carbocycles. The smallest absolute Gasteiger partial charge is 0.254 e. The van der Waals surface area contributed by atoms with E-state index in [9.17, 15) is 13.2 Å². The van der Waals surface area contributed by atoms with Gasteiger partial charge >= 0.3 is 0 Å². The molecule has 2 aromatic rings. The number of benzene rings is 2. The average Bonchev–Trinajstić information content (AvgIpc) is 2.71. The van der Waals surface area contributed by atoms with Crippen molar-refractivity contribution in [3.8, 4) is 11.8 Å². The summed E-state index contributed by atoms with van der Waals surface area (Å²) >= 11 is 0. The minimum absolute atomic E-state index is 0.104. The van der Waals surface area contributed by atoms with Crippen LogP contribution < -0.4 is 9.46 Å². The van der Waals surface area contributed by atoms with Crippen molar-refractivity contribution in [2.45, 2.75) is 37.8 Å². The van der Waals surface area contributed by atoms with E-state index in [-0.39, 0.29) is 35.2 Å². The Balaban J connectivity index is 2.41. The number of hydrogen-bond acceptors (Lipinski definition) is 5. The molecule has 1 N–H and O–H groups in total. The van der Waals surface area contributed by atoms with Gasteiger partial charge in [0.2, 0.25) is 10.0 Å². The van der Waals surface area contributed by atoms with Crippen molar-refractivity contribution in [3.63, 3.8) is 0 Å². The van der Waals surface area contributed by atoms with Gasteiger partial charge in [-0.3, -0.25) is 4.79 Å². The van der Waals surface area contributed by atoms with Crippen LogP contribution >= 0.6 is 0 Å². The zero-order valence-electron chi connectivity index (χ0n) is 18.2. The summed E-state index contributed by atoms with van der Waals surface area (Å²) < 4.78 is 33.6. The zero-order valence-corrected chi connectivity index (χ0v) is 19.0. The number of nitrogens with zero attached hydrogens (tertiary/aromatic N) is 2. The minimum atomic E-state index is -3.92. The van der Waals surface area contributed by atoms with Crippen LogP contribution in [0.2, 0.25) is 0 Å². The summed E-state index contributed by atoms with van der Waals surface area (Å²) in [5, 5.41) is 8.94. The molecule has 0 radical (unpaired) electrons. The number of carbonyl (C=O) groups is 1. The zero-order chi connectivity index (χ0) is 23.2. The number of ether oxygens (including phenoxy) is 1. The molecule has 7 nitrogen and oxygen atoms in total. The summed E-state index contributed by atoms with van der Waals surface area (Å²) in [4.78, 5) is 14.6. The van der Waals surface area contributed by atoms with Gasteiger partial charge < -0.3 is 9.64 Å². The lowest BCUT2D eigenvalue weighted by molar-refractivity contribution is 0.0762. The number of rotatable bonds is 8. The Hall–Kier alpha value is -3.15. The molecule has 0 aliphatic rings. The predicted octanol–water partition coefficient (Wildman–Crippen LogP) is 3.47. The third kappa shape index (κ3) is 6.41. The highest BCUT2D eigenvalue weighted by Crippen LogP contribution is 2.27. The van der Waals surface area contributed by atoms with Crippen molar-refractivity contribution in [1.82, 2.24) is 9.62 Å². The Morgan fingerprint density at radius 3 is 2.39 bits per heavy atom. The van der Waals surface area contributed by atoms with E-state index in [1.807, 2.05) is 0 Å². The van der Waals surface area contributed by atoms with Crippen molar-refractivity contribution >= 4 is 15.9 Å². The Kier molecular flexibility index (Phi) is 7.60. The van der Waals surface area contributed by atoms with Gasteiger partial charge in [0, 0.05) is 24.2 Å². The van der Waals surface area contributed by atoms with Crippen LogP contribution in [-0.2, 0) is 16.6 Å². The van der Waals surface area contributed by atoms with E-state index < -0.39 is 15.6 Å². The molecule has 0 saturated heterocycles. The second kappa shape index (κ2) is 9.77. The van der Waals surface area contributed by atoms with E-state index in [4.69, 9.17) is 10.00 Å². The van der Waals surface area contributed by atoms with Gasteiger partial charge in [-0.1, -0.05) is 18.2 Å². The molecular weight excluding hydrogens is 414 g/mol. The Morgan fingerprint density at radius 1 is 1.23 bits per heavy atom. The lowest BCUT2D eigenvalue weighted by atomic mass is 10.1. The lowest BCUT2D eigenvalue weighted by Gasteiger charge is -2.23.